The third-order valence-corrected chi connectivity index (χ3v) is 2.66. The van der Waals surface area contributed by atoms with Crippen molar-refractivity contribution in [3.8, 4) is 5.75 Å². The van der Waals surface area contributed by atoms with Crippen LogP contribution >= 0.6 is 0 Å². The summed E-state index contributed by atoms with van der Waals surface area (Å²) in [5, 5.41) is 14.4. The molecule has 1 unspecified atom stereocenters. The number of aliphatic hydroxyl groups excluding tert-OH is 1. The second-order valence-electron chi connectivity index (χ2n) is 4.24. The molecule has 0 amide bonds. The summed E-state index contributed by atoms with van der Waals surface area (Å²) >= 11 is 0. The Hall–Kier alpha value is -1.81. The van der Waals surface area contributed by atoms with Gasteiger partial charge in [-0.3, -0.25) is 4.68 Å². The van der Waals surface area contributed by atoms with Crippen LogP contribution in [0.25, 0.3) is 0 Å². The van der Waals surface area contributed by atoms with Crippen LogP contribution in [0.5, 0.6) is 5.75 Å². The van der Waals surface area contributed by atoms with Crippen LogP contribution < -0.4 is 4.74 Å². The molecule has 96 valence electrons. The maximum absolute atomic E-state index is 10.2. The summed E-state index contributed by atoms with van der Waals surface area (Å²) in [6.45, 7) is 2.75. The van der Waals surface area contributed by atoms with Crippen molar-refractivity contribution in [1.82, 2.24) is 9.78 Å². The van der Waals surface area contributed by atoms with Gasteiger partial charge in [0.1, 0.15) is 11.9 Å². The van der Waals surface area contributed by atoms with Crippen molar-refractivity contribution in [2.75, 3.05) is 6.61 Å². The molecule has 1 heterocycles. The first-order chi connectivity index (χ1) is 8.70. The van der Waals surface area contributed by atoms with Crippen molar-refractivity contribution < 1.29 is 9.84 Å². The maximum atomic E-state index is 10.2. The lowest BCUT2D eigenvalue weighted by Gasteiger charge is -2.10. The zero-order valence-corrected chi connectivity index (χ0v) is 10.7. The van der Waals surface area contributed by atoms with Crippen molar-refractivity contribution in [2.45, 2.75) is 19.4 Å². The number of aromatic nitrogens is 2. The van der Waals surface area contributed by atoms with Crippen LogP contribution in [0.4, 0.5) is 0 Å². The van der Waals surface area contributed by atoms with Crippen molar-refractivity contribution in [2.24, 2.45) is 7.05 Å². The number of nitrogens with zero attached hydrogens (tertiary/aromatic N) is 2. The molecule has 0 aliphatic carbocycles. The van der Waals surface area contributed by atoms with Crippen LogP contribution in [0.3, 0.4) is 0 Å². The molecule has 1 aromatic carbocycles. The molecule has 0 saturated heterocycles. The van der Waals surface area contributed by atoms with Crippen molar-refractivity contribution >= 4 is 0 Å². The summed E-state index contributed by atoms with van der Waals surface area (Å²) in [5.74, 6) is 0.782. The van der Waals surface area contributed by atoms with Gasteiger partial charge in [-0.2, -0.15) is 5.10 Å². The van der Waals surface area contributed by atoms with E-state index >= 15 is 0 Å². The number of benzene rings is 1. The Morgan fingerprint density at radius 3 is 2.89 bits per heavy atom. The molecule has 0 spiro atoms. The number of hydrogen-bond acceptors (Lipinski definition) is 3. The summed E-state index contributed by atoms with van der Waals surface area (Å²) < 4.78 is 7.23. The molecule has 18 heavy (non-hydrogen) atoms. The van der Waals surface area contributed by atoms with Gasteiger partial charge in [-0.15, -0.1) is 0 Å². The fraction of sp³-hybridized carbons (Fsp3) is 0.357. The van der Waals surface area contributed by atoms with Gasteiger partial charge < -0.3 is 9.84 Å². The number of aryl methyl sites for hydroxylation is 1. The summed E-state index contributed by atoms with van der Waals surface area (Å²) in [5.41, 5.74) is 1.44. The van der Waals surface area contributed by atoms with Gasteiger partial charge >= 0.3 is 0 Å². The van der Waals surface area contributed by atoms with Crippen molar-refractivity contribution in [3.05, 3.63) is 47.8 Å². The molecule has 1 atom stereocenters. The number of rotatable bonds is 5. The maximum Gasteiger partial charge on any atom is 0.123 e. The lowest BCUT2D eigenvalue weighted by Crippen LogP contribution is -2.03. The van der Waals surface area contributed by atoms with Gasteiger partial charge in [-0.1, -0.05) is 19.1 Å². The molecule has 0 radical (unpaired) electrons. The van der Waals surface area contributed by atoms with Gasteiger partial charge in [-0.05, 0) is 30.2 Å². The minimum absolute atomic E-state index is 0.644. The number of hydrogen-bond donors (Lipinski definition) is 1. The predicted octanol–water partition coefficient (Wildman–Crippen LogP) is 2.29. The van der Waals surface area contributed by atoms with Crippen LogP contribution in [0.15, 0.2) is 36.5 Å². The summed E-state index contributed by atoms with van der Waals surface area (Å²) in [4.78, 5) is 0. The Balaban J connectivity index is 2.17. The zero-order chi connectivity index (χ0) is 13.0. The summed E-state index contributed by atoms with van der Waals surface area (Å²) in [6, 6.07) is 9.31. The molecule has 1 aromatic heterocycles. The second kappa shape index (κ2) is 5.69. The first kappa shape index (κ1) is 12.6. The summed E-state index contributed by atoms with van der Waals surface area (Å²) in [6.07, 6.45) is 2.07. The molecule has 0 bridgehead atoms. The molecule has 0 fully saturated rings. The van der Waals surface area contributed by atoms with E-state index in [4.69, 9.17) is 4.74 Å². The molecule has 0 aliphatic heterocycles. The Labute approximate surface area is 107 Å². The Morgan fingerprint density at radius 2 is 2.22 bits per heavy atom. The average Bonchev–Trinajstić information content (AvgIpc) is 2.82. The van der Waals surface area contributed by atoms with E-state index < -0.39 is 6.10 Å². The highest BCUT2D eigenvalue weighted by molar-refractivity contribution is 5.33. The van der Waals surface area contributed by atoms with E-state index in [0.717, 1.165) is 17.7 Å². The van der Waals surface area contributed by atoms with Gasteiger partial charge in [0.05, 0.1) is 12.3 Å². The minimum Gasteiger partial charge on any atom is -0.494 e. The van der Waals surface area contributed by atoms with E-state index in [2.05, 4.69) is 12.0 Å². The van der Waals surface area contributed by atoms with Crippen molar-refractivity contribution in [3.63, 3.8) is 0 Å². The first-order valence-corrected chi connectivity index (χ1v) is 6.11. The second-order valence-corrected chi connectivity index (χ2v) is 4.24. The van der Waals surface area contributed by atoms with Crippen molar-refractivity contribution in [1.29, 1.82) is 0 Å². The topological polar surface area (TPSA) is 47.3 Å². The van der Waals surface area contributed by atoms with E-state index in [-0.39, 0.29) is 0 Å². The fourth-order valence-electron chi connectivity index (χ4n) is 1.74. The van der Waals surface area contributed by atoms with E-state index in [1.165, 1.54) is 0 Å². The third-order valence-electron chi connectivity index (χ3n) is 2.66. The van der Waals surface area contributed by atoms with Crippen LogP contribution in [0.2, 0.25) is 0 Å². The molecule has 0 aliphatic rings. The molecule has 2 aromatic rings. The zero-order valence-electron chi connectivity index (χ0n) is 10.7. The van der Waals surface area contributed by atoms with Gasteiger partial charge in [0.2, 0.25) is 0 Å². The highest BCUT2D eigenvalue weighted by Gasteiger charge is 2.13. The smallest absolute Gasteiger partial charge is 0.123 e. The van der Waals surface area contributed by atoms with E-state index in [9.17, 15) is 5.11 Å². The lowest BCUT2D eigenvalue weighted by molar-refractivity contribution is 0.213. The molecule has 0 saturated carbocycles. The fourth-order valence-corrected chi connectivity index (χ4v) is 1.74. The Morgan fingerprint density at radius 1 is 1.39 bits per heavy atom. The number of aliphatic hydroxyl groups is 1. The monoisotopic (exact) mass is 246 g/mol. The average molecular weight is 246 g/mol. The van der Waals surface area contributed by atoms with Crippen LogP contribution in [-0.4, -0.2) is 21.5 Å². The van der Waals surface area contributed by atoms with E-state index in [0.29, 0.717) is 12.3 Å². The van der Waals surface area contributed by atoms with Crippen LogP contribution in [0, 0.1) is 0 Å². The first-order valence-electron chi connectivity index (χ1n) is 6.11. The van der Waals surface area contributed by atoms with E-state index in [1.54, 1.807) is 4.68 Å². The van der Waals surface area contributed by atoms with Crippen LogP contribution in [-0.2, 0) is 7.05 Å². The van der Waals surface area contributed by atoms with E-state index in [1.807, 2.05) is 43.6 Å². The molecule has 4 heteroatoms. The SMILES string of the molecule is CCCOc1cccc(C(O)c2ccn(C)n2)c1. The molecular weight excluding hydrogens is 228 g/mol. The third kappa shape index (κ3) is 2.90. The quantitative estimate of drug-likeness (QED) is 0.880. The molecular formula is C14H18N2O2. The highest BCUT2D eigenvalue weighted by atomic mass is 16.5. The molecule has 4 nitrogen and oxygen atoms in total. The number of ether oxygens (including phenoxy) is 1. The van der Waals surface area contributed by atoms with Gasteiger partial charge in [-0.25, -0.2) is 0 Å². The van der Waals surface area contributed by atoms with Gasteiger partial charge in [0.25, 0.3) is 0 Å². The lowest BCUT2D eigenvalue weighted by atomic mass is 10.1. The van der Waals surface area contributed by atoms with Crippen LogP contribution in [0.1, 0.15) is 30.7 Å². The summed E-state index contributed by atoms with van der Waals surface area (Å²) in [7, 11) is 1.83. The normalized spacial score (nSPS) is 12.4. The largest absolute Gasteiger partial charge is 0.494 e. The highest BCUT2D eigenvalue weighted by Crippen LogP contribution is 2.23. The Kier molecular flexibility index (Phi) is 3.99. The minimum atomic E-state index is -0.712. The molecule has 2 rings (SSSR count). The molecule has 1 N–H and O–H groups in total. The standard InChI is InChI=1S/C14H18N2O2/c1-3-9-18-12-6-4-5-11(10-12)14(17)13-7-8-16(2)15-13/h4-8,10,14,17H,3,9H2,1-2H3. The van der Waals surface area contributed by atoms with Gasteiger partial charge in [0, 0.05) is 13.2 Å². The van der Waals surface area contributed by atoms with Gasteiger partial charge in [0.15, 0.2) is 0 Å². The predicted molar refractivity (Wildman–Crippen MR) is 69.5 cm³/mol. The Bertz CT molecular complexity index is 508.